The van der Waals surface area contributed by atoms with Gasteiger partial charge in [0.2, 0.25) is 5.91 Å². The molecule has 4 aromatic rings. The first-order chi connectivity index (χ1) is 14.7. The standard InChI is InChI=1S/C21H20FN7O/c22-15-5-7-16(8-6-15)24-19(30)13-27-9-11-28(12-10-27)21-18-4-2-1-3-17(18)20-25-23-14-29(20)26-21/h1-8,14H,9-13H2,(H,24,30). The van der Waals surface area contributed by atoms with Gasteiger partial charge in [-0.1, -0.05) is 24.3 Å². The Morgan fingerprint density at radius 1 is 1.00 bits per heavy atom. The summed E-state index contributed by atoms with van der Waals surface area (Å²) in [6.07, 6.45) is 1.61. The maximum absolute atomic E-state index is 13.0. The SMILES string of the molecule is O=C(CN1CCN(c2nn3cnnc3c3ccccc23)CC1)Nc1ccc(F)cc1. The summed E-state index contributed by atoms with van der Waals surface area (Å²) < 4.78 is 14.7. The molecule has 1 aliphatic heterocycles. The van der Waals surface area contributed by atoms with Crippen LogP contribution in [-0.4, -0.2) is 63.3 Å². The zero-order valence-corrected chi connectivity index (χ0v) is 16.2. The summed E-state index contributed by atoms with van der Waals surface area (Å²) in [4.78, 5) is 16.7. The first kappa shape index (κ1) is 18.4. The van der Waals surface area contributed by atoms with Crippen molar-refractivity contribution in [1.82, 2.24) is 24.7 Å². The van der Waals surface area contributed by atoms with Crippen LogP contribution in [0, 0.1) is 5.82 Å². The molecule has 30 heavy (non-hydrogen) atoms. The highest BCUT2D eigenvalue weighted by atomic mass is 19.1. The minimum atomic E-state index is -0.324. The van der Waals surface area contributed by atoms with E-state index in [1.165, 1.54) is 12.1 Å². The molecule has 8 nitrogen and oxygen atoms in total. The smallest absolute Gasteiger partial charge is 0.238 e. The second kappa shape index (κ2) is 7.68. The predicted molar refractivity (Wildman–Crippen MR) is 112 cm³/mol. The number of halogens is 1. The molecule has 2 aromatic carbocycles. The van der Waals surface area contributed by atoms with Crippen molar-refractivity contribution in [3.63, 3.8) is 0 Å². The fraction of sp³-hybridized carbons (Fsp3) is 0.238. The van der Waals surface area contributed by atoms with Gasteiger partial charge in [-0.25, -0.2) is 4.39 Å². The molecule has 1 fully saturated rings. The average Bonchev–Trinajstić information content (AvgIpc) is 3.24. The second-order valence-electron chi connectivity index (χ2n) is 7.29. The second-order valence-corrected chi connectivity index (χ2v) is 7.29. The van der Waals surface area contributed by atoms with Crippen LogP contribution in [0.5, 0.6) is 0 Å². The highest BCUT2D eigenvalue weighted by molar-refractivity contribution is 6.00. The van der Waals surface area contributed by atoms with Gasteiger partial charge in [0.05, 0.1) is 6.54 Å². The number of carbonyl (C=O) groups is 1. The summed E-state index contributed by atoms with van der Waals surface area (Å²) in [5.74, 6) is 0.466. The molecule has 3 heterocycles. The van der Waals surface area contributed by atoms with Gasteiger partial charge in [-0.3, -0.25) is 9.69 Å². The van der Waals surface area contributed by atoms with Gasteiger partial charge in [0.25, 0.3) is 0 Å². The normalized spacial score (nSPS) is 15.0. The van der Waals surface area contributed by atoms with E-state index >= 15 is 0 Å². The Labute approximate surface area is 171 Å². The molecule has 9 heteroatoms. The zero-order chi connectivity index (χ0) is 20.5. The number of nitrogens with zero attached hydrogens (tertiary/aromatic N) is 6. The van der Waals surface area contributed by atoms with E-state index in [1.54, 1.807) is 23.0 Å². The minimum Gasteiger partial charge on any atom is -0.352 e. The van der Waals surface area contributed by atoms with Crippen LogP contribution in [0.25, 0.3) is 16.4 Å². The largest absolute Gasteiger partial charge is 0.352 e. The van der Waals surface area contributed by atoms with Crippen molar-refractivity contribution >= 4 is 33.8 Å². The summed E-state index contributed by atoms with van der Waals surface area (Å²) in [5, 5.41) is 17.7. The number of carbonyl (C=O) groups excluding carboxylic acids is 1. The Kier molecular flexibility index (Phi) is 4.72. The van der Waals surface area contributed by atoms with Crippen LogP contribution in [0.2, 0.25) is 0 Å². The molecule has 1 amide bonds. The topological polar surface area (TPSA) is 78.7 Å². The predicted octanol–water partition coefficient (Wildman–Crippen LogP) is 2.18. The lowest BCUT2D eigenvalue weighted by Crippen LogP contribution is -2.49. The van der Waals surface area contributed by atoms with Crippen LogP contribution in [-0.2, 0) is 4.79 Å². The first-order valence-electron chi connectivity index (χ1n) is 9.79. The van der Waals surface area contributed by atoms with Gasteiger partial charge in [0.1, 0.15) is 12.1 Å². The molecule has 0 saturated carbocycles. The molecule has 0 aliphatic carbocycles. The van der Waals surface area contributed by atoms with Crippen LogP contribution >= 0.6 is 0 Å². The summed E-state index contributed by atoms with van der Waals surface area (Å²) in [6.45, 7) is 3.30. The van der Waals surface area contributed by atoms with Crippen molar-refractivity contribution in [2.45, 2.75) is 0 Å². The molecule has 0 unspecified atom stereocenters. The van der Waals surface area contributed by atoms with Crippen molar-refractivity contribution in [2.24, 2.45) is 0 Å². The zero-order valence-electron chi connectivity index (χ0n) is 16.2. The molecule has 1 N–H and O–H groups in total. The molecular weight excluding hydrogens is 385 g/mol. The molecular formula is C21H20FN7O. The average molecular weight is 405 g/mol. The van der Waals surface area contributed by atoms with E-state index < -0.39 is 0 Å². The third-order valence-corrected chi connectivity index (χ3v) is 5.31. The lowest BCUT2D eigenvalue weighted by atomic mass is 10.1. The maximum atomic E-state index is 13.0. The summed E-state index contributed by atoms with van der Waals surface area (Å²) in [6, 6.07) is 13.8. The minimum absolute atomic E-state index is 0.107. The van der Waals surface area contributed by atoms with E-state index in [0.29, 0.717) is 12.2 Å². The first-order valence-corrected chi connectivity index (χ1v) is 9.79. The van der Waals surface area contributed by atoms with Gasteiger partial charge in [-0.05, 0) is 24.3 Å². The van der Waals surface area contributed by atoms with Crippen LogP contribution in [0.3, 0.4) is 0 Å². The van der Waals surface area contributed by atoms with E-state index in [0.717, 1.165) is 48.4 Å². The monoisotopic (exact) mass is 405 g/mol. The van der Waals surface area contributed by atoms with Crippen molar-refractivity contribution in [3.8, 4) is 0 Å². The Morgan fingerprint density at radius 2 is 1.73 bits per heavy atom. The fourth-order valence-corrected chi connectivity index (χ4v) is 3.80. The van der Waals surface area contributed by atoms with Crippen molar-refractivity contribution in [1.29, 1.82) is 0 Å². The van der Waals surface area contributed by atoms with Gasteiger partial charge >= 0.3 is 0 Å². The molecule has 0 radical (unpaired) electrons. The highest BCUT2D eigenvalue weighted by Crippen LogP contribution is 2.27. The molecule has 0 atom stereocenters. The highest BCUT2D eigenvalue weighted by Gasteiger charge is 2.22. The van der Waals surface area contributed by atoms with E-state index in [2.05, 4.69) is 31.4 Å². The summed E-state index contributed by atoms with van der Waals surface area (Å²) in [7, 11) is 0. The third kappa shape index (κ3) is 3.55. The maximum Gasteiger partial charge on any atom is 0.238 e. The Morgan fingerprint density at radius 3 is 2.50 bits per heavy atom. The van der Waals surface area contributed by atoms with Crippen LogP contribution in [0.4, 0.5) is 15.9 Å². The molecule has 0 spiro atoms. The van der Waals surface area contributed by atoms with E-state index in [4.69, 9.17) is 5.10 Å². The Hall–Kier alpha value is -3.59. The van der Waals surface area contributed by atoms with Crippen LogP contribution in [0.1, 0.15) is 0 Å². The lowest BCUT2D eigenvalue weighted by Gasteiger charge is -2.35. The third-order valence-electron chi connectivity index (χ3n) is 5.31. The Balaban J connectivity index is 1.27. The van der Waals surface area contributed by atoms with Gasteiger partial charge in [-0.15, -0.1) is 15.3 Å². The van der Waals surface area contributed by atoms with E-state index in [9.17, 15) is 9.18 Å². The summed E-state index contributed by atoms with van der Waals surface area (Å²) >= 11 is 0. The number of amides is 1. The molecule has 152 valence electrons. The quantitative estimate of drug-likeness (QED) is 0.561. The number of hydrogen-bond acceptors (Lipinski definition) is 6. The lowest BCUT2D eigenvalue weighted by molar-refractivity contribution is -0.117. The molecule has 1 saturated heterocycles. The number of anilines is 2. The molecule has 1 aliphatic rings. The number of piperazine rings is 1. The van der Waals surface area contributed by atoms with Crippen molar-refractivity contribution in [3.05, 3.63) is 60.7 Å². The van der Waals surface area contributed by atoms with Gasteiger partial charge in [-0.2, -0.15) is 4.52 Å². The molecule has 5 rings (SSSR count). The number of fused-ring (bicyclic) bond motifs is 3. The fourth-order valence-electron chi connectivity index (χ4n) is 3.80. The number of aromatic nitrogens is 4. The van der Waals surface area contributed by atoms with Gasteiger partial charge in [0.15, 0.2) is 11.5 Å². The van der Waals surface area contributed by atoms with Crippen molar-refractivity contribution < 1.29 is 9.18 Å². The summed E-state index contributed by atoms with van der Waals surface area (Å²) in [5.41, 5.74) is 1.34. The van der Waals surface area contributed by atoms with Gasteiger partial charge in [0, 0.05) is 42.6 Å². The van der Waals surface area contributed by atoms with E-state index in [1.807, 2.05) is 18.2 Å². The molecule has 2 aromatic heterocycles. The number of rotatable bonds is 4. The van der Waals surface area contributed by atoms with Gasteiger partial charge < -0.3 is 10.2 Å². The number of nitrogens with one attached hydrogen (secondary N) is 1. The van der Waals surface area contributed by atoms with Crippen LogP contribution < -0.4 is 10.2 Å². The Bertz CT molecular complexity index is 1200. The van der Waals surface area contributed by atoms with Crippen LogP contribution in [0.15, 0.2) is 54.9 Å². The van der Waals surface area contributed by atoms with Crippen molar-refractivity contribution in [2.75, 3.05) is 42.9 Å². The van der Waals surface area contributed by atoms with E-state index in [-0.39, 0.29) is 11.7 Å². The number of hydrogen-bond donors (Lipinski definition) is 1. The number of benzene rings is 2. The molecule has 0 bridgehead atoms.